The summed E-state index contributed by atoms with van der Waals surface area (Å²) in [6.45, 7) is 4.83. The van der Waals surface area contributed by atoms with Gasteiger partial charge in [0.15, 0.2) is 0 Å². The number of carbonyl (C=O) groups is 2. The summed E-state index contributed by atoms with van der Waals surface area (Å²) < 4.78 is 5.38. The molecule has 2 aliphatic heterocycles. The Morgan fingerprint density at radius 2 is 1.93 bits per heavy atom. The second kappa shape index (κ2) is 8.45. The molecule has 0 spiro atoms. The maximum Gasteiger partial charge on any atom is 0.232 e. The minimum absolute atomic E-state index is 0.0696. The van der Waals surface area contributed by atoms with Crippen molar-refractivity contribution in [2.75, 3.05) is 44.3 Å². The summed E-state index contributed by atoms with van der Waals surface area (Å²) in [7, 11) is 0. The minimum Gasteiger partial charge on any atom is -0.379 e. The molecule has 3 aliphatic rings. The summed E-state index contributed by atoms with van der Waals surface area (Å²) in [6, 6.07) is 9.70. The molecular weight excluding hydrogens is 354 g/mol. The number of hydrogen-bond donors (Lipinski definition) is 1. The molecule has 6 nitrogen and oxygen atoms in total. The lowest BCUT2D eigenvalue weighted by atomic mass is 9.69. The lowest BCUT2D eigenvalue weighted by Crippen LogP contribution is -2.54. The molecule has 1 N–H and O–H groups in total. The van der Waals surface area contributed by atoms with Crippen LogP contribution < -0.4 is 10.2 Å². The fraction of sp³-hybridized carbons (Fsp3) is 0.545. The Hall–Kier alpha value is -2.18. The summed E-state index contributed by atoms with van der Waals surface area (Å²) >= 11 is 0. The highest BCUT2D eigenvalue weighted by atomic mass is 16.5. The van der Waals surface area contributed by atoms with Crippen molar-refractivity contribution in [1.82, 2.24) is 10.2 Å². The number of para-hydroxylation sites is 1. The Balaban J connectivity index is 1.50. The van der Waals surface area contributed by atoms with E-state index in [-0.39, 0.29) is 11.8 Å². The van der Waals surface area contributed by atoms with Crippen molar-refractivity contribution in [3.8, 4) is 0 Å². The molecule has 28 heavy (non-hydrogen) atoms. The van der Waals surface area contributed by atoms with Gasteiger partial charge in [-0.05, 0) is 37.8 Å². The smallest absolute Gasteiger partial charge is 0.232 e. The molecule has 1 unspecified atom stereocenters. The molecule has 1 aromatic carbocycles. The summed E-state index contributed by atoms with van der Waals surface area (Å²) in [5, 5.41) is 3.18. The molecule has 2 heterocycles. The highest BCUT2D eigenvalue weighted by molar-refractivity contribution is 6.02. The van der Waals surface area contributed by atoms with E-state index in [9.17, 15) is 9.59 Å². The first-order chi connectivity index (χ1) is 13.7. The average molecular weight is 383 g/mol. The van der Waals surface area contributed by atoms with Crippen LogP contribution in [0, 0.1) is 5.41 Å². The van der Waals surface area contributed by atoms with Gasteiger partial charge in [0.05, 0.1) is 18.6 Å². The van der Waals surface area contributed by atoms with Crippen LogP contribution in [0.3, 0.4) is 0 Å². The third kappa shape index (κ3) is 3.71. The van der Waals surface area contributed by atoms with E-state index in [1.165, 1.54) is 0 Å². The molecule has 150 valence electrons. The number of nitrogens with one attached hydrogen (secondary N) is 1. The number of fused-ring (bicyclic) bond motifs is 1. The van der Waals surface area contributed by atoms with E-state index in [0.717, 1.165) is 63.5 Å². The van der Waals surface area contributed by atoms with Gasteiger partial charge in [0.2, 0.25) is 11.8 Å². The Labute approximate surface area is 166 Å². The molecule has 0 bridgehead atoms. The first-order valence-electron chi connectivity index (χ1n) is 10.4. The van der Waals surface area contributed by atoms with E-state index in [2.05, 4.69) is 16.3 Å². The van der Waals surface area contributed by atoms with E-state index in [1.54, 1.807) is 4.90 Å². The predicted molar refractivity (Wildman–Crippen MR) is 108 cm³/mol. The highest BCUT2D eigenvalue weighted by Crippen LogP contribution is 2.48. The van der Waals surface area contributed by atoms with E-state index >= 15 is 0 Å². The van der Waals surface area contributed by atoms with Crippen molar-refractivity contribution < 1.29 is 14.3 Å². The van der Waals surface area contributed by atoms with Gasteiger partial charge in [0.1, 0.15) is 0 Å². The number of hydrogen-bond acceptors (Lipinski definition) is 4. The van der Waals surface area contributed by atoms with Gasteiger partial charge in [-0.15, -0.1) is 0 Å². The molecular formula is C22H29N3O3. The number of benzene rings is 1. The first kappa shape index (κ1) is 19.2. The largest absolute Gasteiger partial charge is 0.379 e. The lowest BCUT2D eigenvalue weighted by molar-refractivity contribution is -0.132. The van der Waals surface area contributed by atoms with E-state index in [1.807, 2.05) is 30.3 Å². The van der Waals surface area contributed by atoms with Gasteiger partial charge in [-0.3, -0.25) is 19.4 Å². The van der Waals surface area contributed by atoms with Crippen LogP contribution in [0.2, 0.25) is 0 Å². The number of carbonyl (C=O) groups excluding carboxylic acids is 2. The fourth-order valence-corrected chi connectivity index (χ4v) is 4.62. The van der Waals surface area contributed by atoms with Crippen LogP contribution in [-0.2, 0) is 14.3 Å². The van der Waals surface area contributed by atoms with Crippen LogP contribution in [0.4, 0.5) is 5.69 Å². The first-order valence-corrected chi connectivity index (χ1v) is 10.4. The minimum atomic E-state index is -0.590. The third-order valence-electron chi connectivity index (χ3n) is 6.16. The predicted octanol–water partition coefficient (Wildman–Crippen LogP) is 2.32. The Bertz CT molecular complexity index is 743. The van der Waals surface area contributed by atoms with Crippen molar-refractivity contribution in [3.05, 3.63) is 42.1 Å². The van der Waals surface area contributed by atoms with Crippen LogP contribution >= 0.6 is 0 Å². The summed E-state index contributed by atoms with van der Waals surface area (Å²) in [5.74, 6) is 0.149. The zero-order chi connectivity index (χ0) is 19.4. The van der Waals surface area contributed by atoms with E-state index in [0.29, 0.717) is 19.4 Å². The quantitative estimate of drug-likeness (QED) is 0.848. The van der Waals surface area contributed by atoms with Crippen LogP contribution in [0.5, 0.6) is 0 Å². The van der Waals surface area contributed by atoms with Crippen LogP contribution in [0.1, 0.15) is 32.1 Å². The van der Waals surface area contributed by atoms with Crippen molar-refractivity contribution >= 4 is 17.5 Å². The van der Waals surface area contributed by atoms with Gasteiger partial charge in [-0.2, -0.15) is 0 Å². The number of nitrogens with zero attached hydrogens (tertiary/aromatic N) is 2. The molecule has 2 amide bonds. The monoisotopic (exact) mass is 383 g/mol. The molecule has 6 heteroatoms. The maximum absolute atomic E-state index is 13.3. The van der Waals surface area contributed by atoms with E-state index < -0.39 is 5.41 Å². The van der Waals surface area contributed by atoms with E-state index in [4.69, 9.17) is 4.74 Å². The average Bonchev–Trinajstić information content (AvgIpc) is 2.75. The van der Waals surface area contributed by atoms with Gasteiger partial charge in [-0.1, -0.05) is 24.3 Å². The summed E-state index contributed by atoms with van der Waals surface area (Å²) in [5.41, 5.74) is 1.14. The van der Waals surface area contributed by atoms with Crippen molar-refractivity contribution in [3.63, 3.8) is 0 Å². The number of amides is 2. The Morgan fingerprint density at radius 1 is 1.14 bits per heavy atom. The number of ether oxygens (including phenoxy) is 1. The third-order valence-corrected chi connectivity index (χ3v) is 6.16. The molecule has 0 radical (unpaired) electrons. The second-order valence-corrected chi connectivity index (χ2v) is 7.84. The SMILES string of the molecule is O=C1CCC2(C(=O)NCCN3CCOCC3)CCCC=C2N1c1ccccc1. The van der Waals surface area contributed by atoms with Crippen LogP contribution in [0.25, 0.3) is 0 Å². The normalized spacial score (nSPS) is 25.8. The number of piperidine rings is 1. The number of allylic oxidation sites excluding steroid dienone is 1. The molecule has 1 aromatic rings. The number of rotatable bonds is 5. The molecule has 4 rings (SSSR count). The molecule has 2 saturated heterocycles. The number of morpholine rings is 1. The van der Waals surface area contributed by atoms with Crippen molar-refractivity contribution in [2.24, 2.45) is 5.41 Å². The molecule has 2 fully saturated rings. The van der Waals surface area contributed by atoms with Gasteiger partial charge in [0, 0.05) is 44.0 Å². The van der Waals surface area contributed by atoms with Crippen LogP contribution in [0.15, 0.2) is 42.1 Å². The lowest BCUT2D eigenvalue weighted by Gasteiger charge is -2.46. The Morgan fingerprint density at radius 3 is 2.71 bits per heavy atom. The summed E-state index contributed by atoms with van der Waals surface area (Å²) in [4.78, 5) is 30.2. The zero-order valence-electron chi connectivity index (χ0n) is 16.4. The number of anilines is 1. The standard InChI is InChI=1S/C22H29N3O3/c26-20-9-11-22(21(27)23-12-13-24-14-16-28-17-15-24)10-5-4-8-19(22)25(20)18-6-2-1-3-7-18/h1-3,6-8H,4-5,9-17H2,(H,23,27). The highest BCUT2D eigenvalue weighted by Gasteiger charge is 2.49. The van der Waals surface area contributed by atoms with Crippen molar-refractivity contribution in [1.29, 1.82) is 0 Å². The van der Waals surface area contributed by atoms with Gasteiger partial charge < -0.3 is 10.1 Å². The van der Waals surface area contributed by atoms with Gasteiger partial charge in [-0.25, -0.2) is 0 Å². The molecule has 1 atom stereocenters. The van der Waals surface area contributed by atoms with Gasteiger partial charge in [0.25, 0.3) is 0 Å². The topological polar surface area (TPSA) is 61.9 Å². The van der Waals surface area contributed by atoms with Crippen LogP contribution in [-0.4, -0.2) is 56.1 Å². The summed E-state index contributed by atoms with van der Waals surface area (Å²) in [6.07, 6.45) is 5.81. The molecule has 0 saturated carbocycles. The molecule has 0 aromatic heterocycles. The maximum atomic E-state index is 13.3. The van der Waals surface area contributed by atoms with Crippen molar-refractivity contribution in [2.45, 2.75) is 32.1 Å². The van der Waals surface area contributed by atoms with Gasteiger partial charge >= 0.3 is 0 Å². The Kier molecular flexibility index (Phi) is 5.78. The molecule has 1 aliphatic carbocycles. The second-order valence-electron chi connectivity index (χ2n) is 7.84. The fourth-order valence-electron chi connectivity index (χ4n) is 4.62. The zero-order valence-corrected chi connectivity index (χ0v) is 16.4.